The molecular formula is C19H14O2. The SMILES string of the molecule is c1ccc(C2Cc3c4c(c5ccccc5c3O2)CO4)cc1. The van der Waals surface area contributed by atoms with Gasteiger partial charge in [0, 0.05) is 22.9 Å². The van der Waals surface area contributed by atoms with E-state index in [1.807, 2.05) is 6.07 Å². The third kappa shape index (κ3) is 1.47. The summed E-state index contributed by atoms with van der Waals surface area (Å²) < 4.78 is 12.0. The van der Waals surface area contributed by atoms with Crippen LogP contribution in [0.1, 0.15) is 22.8 Å². The Kier molecular flexibility index (Phi) is 2.14. The molecule has 0 spiro atoms. The van der Waals surface area contributed by atoms with Gasteiger partial charge in [0.05, 0.1) is 0 Å². The molecule has 21 heavy (non-hydrogen) atoms. The molecule has 5 rings (SSSR count). The summed E-state index contributed by atoms with van der Waals surface area (Å²) in [6.45, 7) is 0.721. The van der Waals surface area contributed by atoms with Crippen molar-refractivity contribution in [2.75, 3.05) is 0 Å². The minimum Gasteiger partial charge on any atom is -0.488 e. The highest BCUT2D eigenvalue weighted by Crippen LogP contribution is 2.51. The summed E-state index contributed by atoms with van der Waals surface area (Å²) in [7, 11) is 0. The number of hydrogen-bond acceptors (Lipinski definition) is 2. The van der Waals surface area contributed by atoms with E-state index in [9.17, 15) is 0 Å². The predicted molar refractivity (Wildman–Crippen MR) is 81.8 cm³/mol. The summed E-state index contributed by atoms with van der Waals surface area (Å²) in [4.78, 5) is 0. The number of benzene rings is 3. The quantitative estimate of drug-likeness (QED) is 0.654. The minimum atomic E-state index is 0.0975. The predicted octanol–water partition coefficient (Wildman–Crippen LogP) is 4.41. The Morgan fingerprint density at radius 2 is 1.52 bits per heavy atom. The molecule has 2 nitrogen and oxygen atoms in total. The lowest BCUT2D eigenvalue weighted by Crippen LogP contribution is -2.12. The fraction of sp³-hybridized carbons (Fsp3) is 0.158. The molecule has 0 saturated heterocycles. The second kappa shape index (κ2) is 4.01. The molecule has 0 aliphatic carbocycles. The molecule has 102 valence electrons. The number of rotatable bonds is 1. The van der Waals surface area contributed by atoms with Crippen molar-refractivity contribution in [2.24, 2.45) is 0 Å². The van der Waals surface area contributed by atoms with Gasteiger partial charge in [0.1, 0.15) is 24.2 Å². The zero-order valence-corrected chi connectivity index (χ0v) is 11.5. The van der Waals surface area contributed by atoms with Crippen molar-refractivity contribution >= 4 is 10.8 Å². The van der Waals surface area contributed by atoms with Crippen molar-refractivity contribution in [3.63, 3.8) is 0 Å². The fourth-order valence-corrected chi connectivity index (χ4v) is 3.44. The lowest BCUT2D eigenvalue weighted by atomic mass is 9.94. The van der Waals surface area contributed by atoms with E-state index in [1.54, 1.807) is 0 Å². The van der Waals surface area contributed by atoms with E-state index in [-0.39, 0.29) is 6.10 Å². The van der Waals surface area contributed by atoms with Crippen LogP contribution in [-0.4, -0.2) is 0 Å². The standard InChI is InChI=1S/C19H14O2/c1-2-6-12(7-3-1)17-10-15-18-16(11-20-18)13-8-4-5-9-14(13)19(15)21-17/h1-9,17H,10-11H2. The van der Waals surface area contributed by atoms with Crippen LogP contribution >= 0.6 is 0 Å². The summed E-state index contributed by atoms with van der Waals surface area (Å²) in [6.07, 6.45) is 0.993. The van der Waals surface area contributed by atoms with Crippen LogP contribution < -0.4 is 9.47 Å². The van der Waals surface area contributed by atoms with Crippen LogP contribution in [-0.2, 0) is 13.0 Å². The van der Waals surface area contributed by atoms with E-state index >= 15 is 0 Å². The molecule has 2 aliphatic rings. The van der Waals surface area contributed by atoms with Crippen molar-refractivity contribution in [2.45, 2.75) is 19.1 Å². The first-order valence-corrected chi connectivity index (χ1v) is 7.32. The van der Waals surface area contributed by atoms with Gasteiger partial charge in [-0.05, 0) is 10.9 Å². The van der Waals surface area contributed by atoms with Crippen LogP contribution in [0.3, 0.4) is 0 Å². The first-order chi connectivity index (χ1) is 10.4. The van der Waals surface area contributed by atoms with E-state index in [0.29, 0.717) is 0 Å². The third-order valence-corrected chi connectivity index (χ3v) is 4.50. The Morgan fingerprint density at radius 3 is 2.29 bits per heavy atom. The van der Waals surface area contributed by atoms with Crippen molar-refractivity contribution in [3.8, 4) is 11.5 Å². The van der Waals surface area contributed by atoms with Gasteiger partial charge < -0.3 is 9.47 Å². The zero-order valence-electron chi connectivity index (χ0n) is 11.5. The third-order valence-electron chi connectivity index (χ3n) is 4.50. The summed E-state index contributed by atoms with van der Waals surface area (Å²) in [6, 6.07) is 18.9. The molecule has 1 atom stereocenters. The van der Waals surface area contributed by atoms with Crippen LogP contribution in [0, 0.1) is 0 Å². The molecule has 3 aromatic rings. The topological polar surface area (TPSA) is 18.5 Å². The van der Waals surface area contributed by atoms with Crippen LogP contribution in [0.4, 0.5) is 0 Å². The van der Waals surface area contributed by atoms with Crippen LogP contribution in [0.25, 0.3) is 10.8 Å². The average molecular weight is 274 g/mol. The maximum atomic E-state index is 6.30. The normalized spacial score (nSPS) is 18.4. The Labute approximate surface area is 122 Å². The second-order valence-corrected chi connectivity index (χ2v) is 5.67. The average Bonchev–Trinajstić information content (AvgIpc) is 2.92. The van der Waals surface area contributed by atoms with Crippen molar-refractivity contribution < 1.29 is 9.47 Å². The van der Waals surface area contributed by atoms with Crippen LogP contribution in [0.15, 0.2) is 54.6 Å². The first kappa shape index (κ1) is 11.2. The molecule has 0 bridgehead atoms. The Balaban J connectivity index is 1.70. The van der Waals surface area contributed by atoms with E-state index in [4.69, 9.17) is 9.47 Å². The largest absolute Gasteiger partial charge is 0.488 e. The summed E-state index contributed by atoms with van der Waals surface area (Å²) >= 11 is 0. The Morgan fingerprint density at radius 1 is 0.762 bits per heavy atom. The van der Waals surface area contributed by atoms with Crippen molar-refractivity contribution in [1.29, 1.82) is 0 Å². The lowest BCUT2D eigenvalue weighted by molar-refractivity contribution is 0.240. The minimum absolute atomic E-state index is 0.0975. The van der Waals surface area contributed by atoms with E-state index in [2.05, 4.69) is 48.5 Å². The van der Waals surface area contributed by atoms with Gasteiger partial charge in [-0.15, -0.1) is 0 Å². The molecule has 2 heteroatoms. The van der Waals surface area contributed by atoms with Gasteiger partial charge in [-0.1, -0.05) is 54.6 Å². The summed E-state index contributed by atoms with van der Waals surface area (Å²) in [5.41, 5.74) is 3.80. The Bertz CT molecular complexity index is 852. The van der Waals surface area contributed by atoms with E-state index in [0.717, 1.165) is 24.5 Å². The van der Waals surface area contributed by atoms with Gasteiger partial charge in [-0.25, -0.2) is 0 Å². The second-order valence-electron chi connectivity index (χ2n) is 5.67. The molecule has 1 unspecified atom stereocenters. The maximum absolute atomic E-state index is 6.30. The molecule has 0 amide bonds. The van der Waals surface area contributed by atoms with Crippen molar-refractivity contribution in [1.82, 2.24) is 0 Å². The molecule has 3 aromatic carbocycles. The van der Waals surface area contributed by atoms with E-state index < -0.39 is 0 Å². The monoisotopic (exact) mass is 274 g/mol. The highest BCUT2D eigenvalue weighted by atomic mass is 16.5. The molecule has 2 aliphatic heterocycles. The fourth-order valence-electron chi connectivity index (χ4n) is 3.44. The van der Waals surface area contributed by atoms with Gasteiger partial charge >= 0.3 is 0 Å². The number of hydrogen-bond donors (Lipinski definition) is 0. The smallest absolute Gasteiger partial charge is 0.135 e. The Hall–Kier alpha value is -2.48. The van der Waals surface area contributed by atoms with Crippen LogP contribution in [0.5, 0.6) is 11.5 Å². The number of fused-ring (bicyclic) bond motifs is 6. The molecule has 0 fully saturated rings. The highest BCUT2D eigenvalue weighted by Gasteiger charge is 2.34. The van der Waals surface area contributed by atoms with Gasteiger partial charge in [0.2, 0.25) is 0 Å². The van der Waals surface area contributed by atoms with Crippen LogP contribution in [0.2, 0.25) is 0 Å². The molecular weight excluding hydrogens is 260 g/mol. The highest BCUT2D eigenvalue weighted by molar-refractivity contribution is 5.96. The first-order valence-electron chi connectivity index (χ1n) is 7.32. The molecule has 2 heterocycles. The van der Waals surface area contributed by atoms with Gasteiger partial charge in [-0.2, -0.15) is 0 Å². The maximum Gasteiger partial charge on any atom is 0.135 e. The summed E-state index contributed by atoms with van der Waals surface area (Å²) in [5.74, 6) is 2.07. The van der Waals surface area contributed by atoms with Gasteiger partial charge in [-0.3, -0.25) is 0 Å². The van der Waals surface area contributed by atoms with E-state index in [1.165, 1.54) is 27.5 Å². The van der Waals surface area contributed by atoms with Gasteiger partial charge in [0.25, 0.3) is 0 Å². The zero-order chi connectivity index (χ0) is 13.8. The molecule has 0 radical (unpaired) electrons. The van der Waals surface area contributed by atoms with Gasteiger partial charge in [0.15, 0.2) is 0 Å². The molecule has 0 N–H and O–H groups in total. The summed E-state index contributed by atoms with van der Waals surface area (Å²) in [5, 5.41) is 2.49. The number of ether oxygens (including phenoxy) is 2. The van der Waals surface area contributed by atoms with Crippen molar-refractivity contribution in [3.05, 3.63) is 71.3 Å². The lowest BCUT2D eigenvalue weighted by Gasteiger charge is -2.25. The molecule has 0 saturated carbocycles. The molecule has 0 aromatic heterocycles.